The predicted octanol–water partition coefficient (Wildman–Crippen LogP) is 5.01. The first-order valence-electron chi connectivity index (χ1n) is 9.26. The van der Waals surface area contributed by atoms with Gasteiger partial charge in [0.2, 0.25) is 11.8 Å². The third-order valence-electron chi connectivity index (χ3n) is 4.27. The summed E-state index contributed by atoms with van der Waals surface area (Å²) in [6.45, 7) is 7.50. The summed E-state index contributed by atoms with van der Waals surface area (Å²) in [5.74, 6) is -0.879. The fourth-order valence-corrected chi connectivity index (χ4v) is 3.09. The van der Waals surface area contributed by atoms with Gasteiger partial charge in [-0.2, -0.15) is 0 Å². The molecule has 0 fully saturated rings. The maximum atomic E-state index is 13.2. The van der Waals surface area contributed by atoms with Crippen LogP contribution in [0, 0.1) is 5.82 Å². The molecule has 0 unspecified atom stereocenters. The van der Waals surface area contributed by atoms with Crippen molar-refractivity contribution in [3.63, 3.8) is 0 Å². The van der Waals surface area contributed by atoms with E-state index in [4.69, 9.17) is 23.2 Å². The van der Waals surface area contributed by atoms with Crippen LogP contribution in [0.2, 0.25) is 10.0 Å². The lowest BCUT2D eigenvalue weighted by Gasteiger charge is -2.31. The van der Waals surface area contributed by atoms with E-state index in [0.717, 1.165) is 5.56 Å². The molecule has 156 valence electrons. The topological polar surface area (TPSA) is 49.4 Å². The van der Waals surface area contributed by atoms with E-state index in [1.165, 1.54) is 17.0 Å². The zero-order valence-electron chi connectivity index (χ0n) is 16.9. The monoisotopic (exact) mass is 438 g/mol. The molecule has 2 aromatic rings. The van der Waals surface area contributed by atoms with Crippen LogP contribution in [0.5, 0.6) is 0 Å². The molecule has 0 aliphatic heterocycles. The SMILES string of the molecule is C[C@@H](C(=O)NC(C)(C)C)N(Cc1ccc(Cl)c(Cl)c1)C(=O)Cc1ccc(F)cc1. The zero-order chi connectivity index (χ0) is 21.8. The second-order valence-electron chi connectivity index (χ2n) is 7.99. The predicted molar refractivity (Wildman–Crippen MR) is 114 cm³/mol. The summed E-state index contributed by atoms with van der Waals surface area (Å²) >= 11 is 12.1. The summed E-state index contributed by atoms with van der Waals surface area (Å²) in [6, 6.07) is 10.1. The fourth-order valence-electron chi connectivity index (χ4n) is 2.77. The lowest BCUT2D eigenvalue weighted by molar-refractivity contribution is -0.140. The van der Waals surface area contributed by atoms with Gasteiger partial charge in [0.25, 0.3) is 0 Å². The zero-order valence-corrected chi connectivity index (χ0v) is 18.4. The van der Waals surface area contributed by atoms with Gasteiger partial charge in [0.05, 0.1) is 16.5 Å². The van der Waals surface area contributed by atoms with Gasteiger partial charge in [0, 0.05) is 12.1 Å². The Labute approximate surface area is 181 Å². The van der Waals surface area contributed by atoms with Gasteiger partial charge in [0.1, 0.15) is 11.9 Å². The van der Waals surface area contributed by atoms with Crippen LogP contribution in [0.1, 0.15) is 38.8 Å². The third kappa shape index (κ3) is 7.02. The number of halogens is 3. The molecule has 0 aromatic heterocycles. The van der Waals surface area contributed by atoms with Gasteiger partial charge in [-0.15, -0.1) is 0 Å². The first kappa shape index (κ1) is 23.2. The first-order chi connectivity index (χ1) is 13.5. The van der Waals surface area contributed by atoms with Gasteiger partial charge in [-0.25, -0.2) is 4.39 Å². The average Bonchev–Trinajstić information content (AvgIpc) is 2.62. The van der Waals surface area contributed by atoms with Crippen molar-refractivity contribution < 1.29 is 14.0 Å². The highest BCUT2D eigenvalue weighted by atomic mass is 35.5. The van der Waals surface area contributed by atoms with Gasteiger partial charge in [-0.3, -0.25) is 9.59 Å². The molecule has 0 heterocycles. The van der Waals surface area contributed by atoms with Crippen LogP contribution >= 0.6 is 23.2 Å². The van der Waals surface area contributed by atoms with E-state index in [9.17, 15) is 14.0 Å². The number of carbonyl (C=O) groups excluding carboxylic acids is 2. The van der Waals surface area contributed by atoms with Gasteiger partial charge < -0.3 is 10.2 Å². The lowest BCUT2D eigenvalue weighted by Crippen LogP contribution is -2.52. The summed E-state index contributed by atoms with van der Waals surface area (Å²) < 4.78 is 13.2. The van der Waals surface area contributed by atoms with Gasteiger partial charge in [-0.05, 0) is 63.1 Å². The average molecular weight is 439 g/mol. The highest BCUT2D eigenvalue weighted by Gasteiger charge is 2.28. The van der Waals surface area contributed by atoms with Crippen LogP contribution in [-0.4, -0.2) is 28.3 Å². The number of benzene rings is 2. The molecule has 1 N–H and O–H groups in total. The van der Waals surface area contributed by atoms with E-state index >= 15 is 0 Å². The van der Waals surface area contributed by atoms with E-state index in [1.807, 2.05) is 20.8 Å². The fraction of sp³-hybridized carbons (Fsp3) is 0.364. The molecule has 2 rings (SSSR count). The maximum Gasteiger partial charge on any atom is 0.242 e. The van der Waals surface area contributed by atoms with E-state index in [0.29, 0.717) is 15.6 Å². The number of hydrogen-bond donors (Lipinski definition) is 1. The van der Waals surface area contributed by atoms with Crippen molar-refractivity contribution >= 4 is 35.0 Å². The summed E-state index contributed by atoms with van der Waals surface area (Å²) in [4.78, 5) is 27.3. The standard InChI is InChI=1S/C22H25Cl2FN2O2/c1-14(21(29)26-22(2,3)4)27(13-16-7-10-18(23)19(24)11-16)20(28)12-15-5-8-17(25)9-6-15/h5-11,14H,12-13H2,1-4H3,(H,26,29)/t14-/m0/s1. The molecule has 2 aromatic carbocycles. The van der Waals surface area contributed by atoms with Crippen LogP contribution < -0.4 is 5.32 Å². The Hall–Kier alpha value is -2.11. The van der Waals surface area contributed by atoms with Crippen LogP contribution in [0.15, 0.2) is 42.5 Å². The molecule has 1 atom stereocenters. The van der Waals surface area contributed by atoms with Crippen LogP contribution in [-0.2, 0) is 22.6 Å². The van der Waals surface area contributed by atoms with Crippen molar-refractivity contribution in [3.05, 3.63) is 69.5 Å². The lowest BCUT2D eigenvalue weighted by atomic mass is 10.1. The Balaban J connectivity index is 2.27. The van der Waals surface area contributed by atoms with Crippen LogP contribution in [0.25, 0.3) is 0 Å². The largest absolute Gasteiger partial charge is 0.350 e. The minimum Gasteiger partial charge on any atom is -0.350 e. The van der Waals surface area contributed by atoms with Crippen LogP contribution in [0.4, 0.5) is 4.39 Å². The Morgan fingerprint density at radius 1 is 1.03 bits per heavy atom. The summed E-state index contributed by atoms with van der Waals surface area (Å²) in [7, 11) is 0. The number of amides is 2. The van der Waals surface area contributed by atoms with Crippen molar-refractivity contribution in [1.82, 2.24) is 10.2 Å². The van der Waals surface area contributed by atoms with Gasteiger partial charge in [-0.1, -0.05) is 41.4 Å². The van der Waals surface area contributed by atoms with E-state index < -0.39 is 11.6 Å². The Morgan fingerprint density at radius 3 is 2.17 bits per heavy atom. The smallest absolute Gasteiger partial charge is 0.242 e. The molecule has 0 saturated carbocycles. The first-order valence-corrected chi connectivity index (χ1v) is 10.0. The Kier molecular flexibility index (Phi) is 7.66. The summed E-state index contributed by atoms with van der Waals surface area (Å²) in [5.41, 5.74) is 0.988. The second-order valence-corrected chi connectivity index (χ2v) is 8.80. The normalized spacial score (nSPS) is 12.4. The molecule has 0 aliphatic rings. The highest BCUT2D eigenvalue weighted by molar-refractivity contribution is 6.42. The molecule has 0 radical (unpaired) electrons. The molecular formula is C22H25Cl2FN2O2. The molecule has 29 heavy (non-hydrogen) atoms. The number of carbonyl (C=O) groups is 2. The molecule has 0 bridgehead atoms. The third-order valence-corrected chi connectivity index (χ3v) is 5.01. The van der Waals surface area contributed by atoms with Crippen molar-refractivity contribution in [2.45, 2.75) is 52.2 Å². The number of nitrogens with one attached hydrogen (secondary N) is 1. The number of rotatable bonds is 6. The molecule has 4 nitrogen and oxygen atoms in total. The second kappa shape index (κ2) is 9.59. The quantitative estimate of drug-likeness (QED) is 0.688. The Morgan fingerprint density at radius 2 is 1.62 bits per heavy atom. The van der Waals surface area contributed by atoms with Crippen LogP contribution in [0.3, 0.4) is 0 Å². The molecular weight excluding hydrogens is 414 g/mol. The molecule has 0 saturated heterocycles. The number of hydrogen-bond acceptors (Lipinski definition) is 2. The maximum absolute atomic E-state index is 13.2. The van der Waals surface area contributed by atoms with Crippen molar-refractivity contribution in [2.75, 3.05) is 0 Å². The highest BCUT2D eigenvalue weighted by Crippen LogP contribution is 2.24. The van der Waals surface area contributed by atoms with Gasteiger partial charge >= 0.3 is 0 Å². The van der Waals surface area contributed by atoms with Gasteiger partial charge in [0.15, 0.2) is 0 Å². The number of nitrogens with zero attached hydrogens (tertiary/aromatic N) is 1. The van der Waals surface area contributed by atoms with E-state index in [-0.39, 0.29) is 30.6 Å². The molecule has 2 amide bonds. The minimum absolute atomic E-state index is 0.0503. The Bertz CT molecular complexity index is 879. The molecule has 7 heteroatoms. The van der Waals surface area contributed by atoms with Crippen molar-refractivity contribution in [1.29, 1.82) is 0 Å². The van der Waals surface area contributed by atoms with E-state index in [2.05, 4.69) is 5.32 Å². The summed E-state index contributed by atoms with van der Waals surface area (Å²) in [6.07, 6.45) is 0.0503. The van der Waals surface area contributed by atoms with Crippen molar-refractivity contribution in [3.8, 4) is 0 Å². The molecule has 0 aliphatic carbocycles. The minimum atomic E-state index is -0.711. The molecule has 0 spiro atoms. The van der Waals surface area contributed by atoms with E-state index in [1.54, 1.807) is 37.3 Å². The summed E-state index contributed by atoms with van der Waals surface area (Å²) in [5, 5.41) is 3.69. The van der Waals surface area contributed by atoms with Crippen molar-refractivity contribution in [2.24, 2.45) is 0 Å².